The zero-order valence-corrected chi connectivity index (χ0v) is 18.8. The van der Waals surface area contributed by atoms with Gasteiger partial charge in [0.15, 0.2) is 0 Å². The van der Waals surface area contributed by atoms with E-state index in [1.807, 2.05) is 72.6 Å². The minimum Gasteiger partial charge on any atom is -0.329 e. The summed E-state index contributed by atoms with van der Waals surface area (Å²) in [6, 6.07) is 25.5. The lowest BCUT2D eigenvalue weighted by Gasteiger charge is -2.40. The molecule has 3 aromatic rings. The van der Waals surface area contributed by atoms with Crippen molar-refractivity contribution in [2.45, 2.75) is 17.5 Å². The predicted molar refractivity (Wildman–Crippen MR) is 125 cm³/mol. The summed E-state index contributed by atoms with van der Waals surface area (Å²) >= 11 is 0. The lowest BCUT2D eigenvalue weighted by atomic mass is 10.0. The van der Waals surface area contributed by atoms with Crippen molar-refractivity contribution in [3.8, 4) is 0 Å². The van der Waals surface area contributed by atoms with E-state index in [0.717, 1.165) is 24.2 Å². The molecule has 0 aromatic heterocycles. The fraction of sp³-hybridized carbons (Fsp3) is 0.240. The summed E-state index contributed by atoms with van der Waals surface area (Å²) in [6.45, 7) is 2.27. The Morgan fingerprint density at radius 1 is 0.938 bits per heavy atom. The smallest absolute Gasteiger partial charge is 0.254 e. The number of hydrogen-bond donors (Lipinski definition) is 1. The number of nitrogens with one attached hydrogen (secondary N) is 1. The van der Waals surface area contributed by atoms with Crippen LogP contribution in [0, 0.1) is 0 Å². The molecule has 0 saturated carbocycles. The second-order valence-corrected chi connectivity index (χ2v) is 9.79. The van der Waals surface area contributed by atoms with Crippen LogP contribution in [0.4, 0.5) is 0 Å². The Bertz CT molecular complexity index is 1170. The van der Waals surface area contributed by atoms with E-state index < -0.39 is 10.0 Å². The van der Waals surface area contributed by atoms with Gasteiger partial charge in [-0.2, -0.15) is 0 Å². The number of nitrogens with zero attached hydrogens (tertiary/aromatic N) is 2. The van der Waals surface area contributed by atoms with Gasteiger partial charge in [-0.3, -0.25) is 4.79 Å². The SMILES string of the molecule is CN1CCN(C(=O)c2cccc(S(=O)(=O)NCc3ccccc3)c2)C(c2ccccc2)C1. The van der Waals surface area contributed by atoms with Crippen LogP contribution < -0.4 is 4.72 Å². The van der Waals surface area contributed by atoms with Crippen LogP contribution in [0.15, 0.2) is 89.8 Å². The Kier molecular flexibility index (Phi) is 6.69. The third-order valence-corrected chi connectivity index (χ3v) is 7.13. The van der Waals surface area contributed by atoms with Crippen LogP contribution in [-0.2, 0) is 16.6 Å². The third kappa shape index (κ3) is 5.07. The molecular weight excluding hydrogens is 422 g/mol. The molecule has 1 aliphatic rings. The molecule has 1 atom stereocenters. The third-order valence-electron chi connectivity index (χ3n) is 5.73. The highest BCUT2D eigenvalue weighted by molar-refractivity contribution is 7.89. The molecule has 166 valence electrons. The van der Waals surface area contributed by atoms with E-state index in [-0.39, 0.29) is 23.4 Å². The van der Waals surface area contributed by atoms with Gasteiger partial charge in [0.25, 0.3) is 5.91 Å². The minimum atomic E-state index is -3.75. The standard InChI is InChI=1S/C25H27N3O3S/c1-27-15-16-28(24(19-27)21-11-6-3-7-12-21)25(29)22-13-8-14-23(17-22)32(30,31)26-18-20-9-4-2-5-10-20/h2-14,17,24,26H,15-16,18-19H2,1H3. The number of rotatable bonds is 6. The van der Waals surface area contributed by atoms with Gasteiger partial charge in [0.05, 0.1) is 10.9 Å². The molecule has 0 spiro atoms. The molecule has 0 radical (unpaired) electrons. The number of sulfonamides is 1. The number of amides is 1. The van der Waals surface area contributed by atoms with E-state index in [9.17, 15) is 13.2 Å². The molecule has 1 unspecified atom stereocenters. The van der Waals surface area contributed by atoms with Gasteiger partial charge >= 0.3 is 0 Å². The van der Waals surface area contributed by atoms with Crippen molar-refractivity contribution in [3.63, 3.8) is 0 Å². The van der Waals surface area contributed by atoms with Crippen molar-refractivity contribution in [1.82, 2.24) is 14.5 Å². The van der Waals surface area contributed by atoms with E-state index >= 15 is 0 Å². The second kappa shape index (κ2) is 9.65. The van der Waals surface area contributed by atoms with Crippen LogP contribution in [0.25, 0.3) is 0 Å². The molecule has 1 heterocycles. The molecule has 1 N–H and O–H groups in total. The molecular formula is C25H27N3O3S. The van der Waals surface area contributed by atoms with Crippen LogP contribution in [0.1, 0.15) is 27.5 Å². The van der Waals surface area contributed by atoms with Crippen LogP contribution >= 0.6 is 0 Å². The Morgan fingerprint density at radius 3 is 2.34 bits per heavy atom. The van der Waals surface area contributed by atoms with Crippen LogP contribution in [0.5, 0.6) is 0 Å². The summed E-state index contributed by atoms with van der Waals surface area (Å²) in [5.41, 5.74) is 2.31. The number of likely N-dealkylation sites (N-methyl/N-ethyl adjacent to an activating group) is 1. The van der Waals surface area contributed by atoms with Gasteiger partial charge < -0.3 is 9.80 Å². The molecule has 3 aromatic carbocycles. The zero-order chi connectivity index (χ0) is 22.6. The highest BCUT2D eigenvalue weighted by Crippen LogP contribution is 2.27. The summed E-state index contributed by atoms with van der Waals surface area (Å²) in [7, 11) is -1.70. The van der Waals surface area contributed by atoms with Crippen molar-refractivity contribution in [2.75, 3.05) is 26.7 Å². The molecule has 1 fully saturated rings. The lowest BCUT2D eigenvalue weighted by Crippen LogP contribution is -2.49. The van der Waals surface area contributed by atoms with Gasteiger partial charge in [0.2, 0.25) is 10.0 Å². The van der Waals surface area contributed by atoms with E-state index in [4.69, 9.17) is 0 Å². The Labute approximate surface area is 189 Å². The first kappa shape index (κ1) is 22.2. The van der Waals surface area contributed by atoms with E-state index in [2.05, 4.69) is 9.62 Å². The number of piperazine rings is 1. The Morgan fingerprint density at radius 2 is 1.62 bits per heavy atom. The quantitative estimate of drug-likeness (QED) is 0.627. The van der Waals surface area contributed by atoms with E-state index in [1.165, 1.54) is 12.1 Å². The first-order chi connectivity index (χ1) is 15.4. The number of benzene rings is 3. The van der Waals surface area contributed by atoms with Gasteiger partial charge in [0.1, 0.15) is 0 Å². The normalized spacial score (nSPS) is 17.3. The molecule has 1 amide bonds. The van der Waals surface area contributed by atoms with Gasteiger partial charge in [-0.25, -0.2) is 13.1 Å². The molecule has 1 saturated heterocycles. The van der Waals surface area contributed by atoms with Gasteiger partial charge in [-0.15, -0.1) is 0 Å². The van der Waals surface area contributed by atoms with Crippen LogP contribution in [0.3, 0.4) is 0 Å². The Balaban J connectivity index is 1.56. The topological polar surface area (TPSA) is 69.7 Å². The molecule has 0 aliphatic carbocycles. The highest BCUT2D eigenvalue weighted by Gasteiger charge is 2.31. The lowest BCUT2D eigenvalue weighted by molar-refractivity contribution is 0.0498. The molecule has 1 aliphatic heterocycles. The number of carbonyl (C=O) groups excluding carboxylic acids is 1. The molecule has 0 bridgehead atoms. The fourth-order valence-electron chi connectivity index (χ4n) is 3.94. The van der Waals surface area contributed by atoms with Gasteiger partial charge in [0, 0.05) is 31.7 Å². The average molecular weight is 450 g/mol. The molecule has 32 heavy (non-hydrogen) atoms. The van der Waals surface area contributed by atoms with Crippen molar-refractivity contribution in [3.05, 3.63) is 102 Å². The molecule has 4 rings (SSSR count). The Hall–Kier alpha value is -3.00. The van der Waals surface area contributed by atoms with Gasteiger partial charge in [-0.05, 0) is 36.4 Å². The maximum Gasteiger partial charge on any atom is 0.254 e. The van der Waals surface area contributed by atoms with Crippen LogP contribution in [-0.4, -0.2) is 50.8 Å². The maximum atomic E-state index is 13.4. The predicted octanol–water partition coefficient (Wildman–Crippen LogP) is 3.29. The summed E-state index contributed by atoms with van der Waals surface area (Å²) in [5, 5.41) is 0. The largest absolute Gasteiger partial charge is 0.329 e. The monoisotopic (exact) mass is 449 g/mol. The van der Waals surface area contributed by atoms with E-state index in [0.29, 0.717) is 12.1 Å². The van der Waals surface area contributed by atoms with Crippen molar-refractivity contribution in [2.24, 2.45) is 0 Å². The van der Waals surface area contributed by atoms with E-state index in [1.54, 1.807) is 12.1 Å². The zero-order valence-electron chi connectivity index (χ0n) is 18.0. The maximum absolute atomic E-state index is 13.4. The van der Waals surface area contributed by atoms with Crippen molar-refractivity contribution >= 4 is 15.9 Å². The van der Waals surface area contributed by atoms with Crippen molar-refractivity contribution in [1.29, 1.82) is 0 Å². The molecule has 6 nitrogen and oxygen atoms in total. The summed E-state index contributed by atoms with van der Waals surface area (Å²) < 4.78 is 28.3. The van der Waals surface area contributed by atoms with Crippen molar-refractivity contribution < 1.29 is 13.2 Å². The first-order valence-corrected chi connectivity index (χ1v) is 12.1. The molecule has 7 heteroatoms. The number of hydrogen-bond acceptors (Lipinski definition) is 4. The second-order valence-electron chi connectivity index (χ2n) is 8.03. The number of carbonyl (C=O) groups is 1. The minimum absolute atomic E-state index is 0.0843. The highest BCUT2D eigenvalue weighted by atomic mass is 32.2. The summed E-state index contributed by atoms with van der Waals surface area (Å²) in [5.74, 6) is -0.160. The van der Waals surface area contributed by atoms with Crippen LogP contribution in [0.2, 0.25) is 0 Å². The first-order valence-electron chi connectivity index (χ1n) is 10.6. The fourth-order valence-corrected chi connectivity index (χ4v) is 5.01. The summed E-state index contributed by atoms with van der Waals surface area (Å²) in [4.78, 5) is 17.6. The van der Waals surface area contributed by atoms with Gasteiger partial charge in [-0.1, -0.05) is 66.7 Å². The average Bonchev–Trinajstić information content (AvgIpc) is 2.84. The summed E-state index contributed by atoms with van der Waals surface area (Å²) in [6.07, 6.45) is 0.